The molecular weight excluding hydrogens is 547 g/mol. The van der Waals surface area contributed by atoms with Crippen LogP contribution in [0.2, 0.25) is 0 Å². The number of carbonyl (C=O) groups excluding carboxylic acids is 2. The number of amides is 2. The molecule has 2 N–H and O–H groups in total. The predicted octanol–water partition coefficient (Wildman–Crippen LogP) is 5.64. The first kappa shape index (κ1) is 28.9. The highest BCUT2D eigenvalue weighted by Gasteiger charge is 2.40. The van der Waals surface area contributed by atoms with Crippen molar-refractivity contribution in [1.82, 2.24) is 30.2 Å². The molecular formula is C28H31F5N6O2. The van der Waals surface area contributed by atoms with Crippen LogP contribution in [-0.2, 0) is 4.79 Å². The van der Waals surface area contributed by atoms with Gasteiger partial charge in [0.2, 0.25) is 11.8 Å². The minimum atomic E-state index is -4.42. The van der Waals surface area contributed by atoms with E-state index in [9.17, 15) is 31.5 Å². The molecule has 2 saturated carbocycles. The van der Waals surface area contributed by atoms with Crippen molar-refractivity contribution in [2.45, 2.75) is 82.5 Å². The predicted molar refractivity (Wildman–Crippen MR) is 138 cm³/mol. The Morgan fingerprint density at radius 2 is 1.78 bits per heavy atom. The second kappa shape index (κ2) is 11.3. The Balaban J connectivity index is 1.40. The molecule has 220 valence electrons. The van der Waals surface area contributed by atoms with Gasteiger partial charge in [-0.3, -0.25) is 14.6 Å². The third kappa shape index (κ3) is 7.17. The van der Waals surface area contributed by atoms with Gasteiger partial charge in [-0.25, -0.2) is 18.3 Å². The quantitative estimate of drug-likeness (QED) is 0.320. The van der Waals surface area contributed by atoms with Crippen molar-refractivity contribution in [2.75, 3.05) is 0 Å². The van der Waals surface area contributed by atoms with E-state index >= 15 is 0 Å². The second-order valence-electron chi connectivity index (χ2n) is 11.1. The summed E-state index contributed by atoms with van der Waals surface area (Å²) in [4.78, 5) is 34.2. The molecule has 3 aromatic rings. The molecule has 0 aromatic carbocycles. The summed E-state index contributed by atoms with van der Waals surface area (Å²) in [6.07, 6.45) is 1.46. The molecule has 41 heavy (non-hydrogen) atoms. The summed E-state index contributed by atoms with van der Waals surface area (Å²) in [7, 11) is 0. The Hall–Kier alpha value is -3.64. The van der Waals surface area contributed by atoms with E-state index in [1.807, 2.05) is 0 Å². The van der Waals surface area contributed by atoms with Crippen LogP contribution in [0.25, 0.3) is 5.65 Å². The third-order valence-electron chi connectivity index (χ3n) is 7.87. The number of fused-ring (bicyclic) bond motifs is 1. The lowest BCUT2D eigenvalue weighted by Gasteiger charge is -2.33. The smallest absolute Gasteiger partial charge is 0.349 e. The van der Waals surface area contributed by atoms with Crippen LogP contribution < -0.4 is 10.6 Å². The summed E-state index contributed by atoms with van der Waals surface area (Å²) in [5.74, 6) is -4.00. The number of aryl methyl sites for hydroxylation is 1. The standard InChI is InChI=1S/C28H31F5N6O2/c1-16-13-34-11-7-20(16)26(41)38-25(18-4-8-27(29,30)9-5-18)21-15-39-22(36-21)12-19(14-35-39)24(17-2-3-17)37-23(40)6-10-28(31,32)33/h7,11-15,17-18,24-25H,2-6,8-10H2,1H3,(H,37,40)(H,38,41)/t24-,25+/m1/s1. The van der Waals surface area contributed by atoms with Gasteiger partial charge < -0.3 is 10.6 Å². The first-order valence-electron chi connectivity index (χ1n) is 13.7. The number of imidazole rings is 1. The molecule has 13 heteroatoms. The van der Waals surface area contributed by atoms with E-state index in [0.29, 0.717) is 28.0 Å². The molecule has 2 atom stereocenters. The van der Waals surface area contributed by atoms with Crippen LogP contribution in [0.4, 0.5) is 22.0 Å². The van der Waals surface area contributed by atoms with E-state index in [0.717, 1.165) is 12.8 Å². The molecule has 3 aromatic heterocycles. The number of nitrogens with zero attached hydrogens (tertiary/aromatic N) is 4. The van der Waals surface area contributed by atoms with E-state index in [1.54, 1.807) is 37.6 Å². The number of hydrogen-bond donors (Lipinski definition) is 2. The molecule has 2 fully saturated rings. The maximum atomic E-state index is 14.0. The Kier molecular flexibility index (Phi) is 7.97. The number of rotatable bonds is 9. The molecule has 0 radical (unpaired) electrons. The van der Waals surface area contributed by atoms with Gasteiger partial charge in [-0.05, 0) is 67.7 Å². The maximum Gasteiger partial charge on any atom is 0.389 e. The summed E-state index contributed by atoms with van der Waals surface area (Å²) in [5.41, 5.74) is 2.57. The Labute approximate surface area is 233 Å². The average Bonchev–Trinajstić information content (AvgIpc) is 3.67. The van der Waals surface area contributed by atoms with E-state index < -0.39 is 42.9 Å². The molecule has 0 bridgehead atoms. The summed E-state index contributed by atoms with van der Waals surface area (Å²) in [6.45, 7) is 1.76. The average molecular weight is 579 g/mol. The molecule has 2 amide bonds. The number of aromatic nitrogens is 4. The number of hydrogen-bond acceptors (Lipinski definition) is 5. The first-order valence-corrected chi connectivity index (χ1v) is 13.7. The van der Waals surface area contributed by atoms with Crippen LogP contribution >= 0.6 is 0 Å². The molecule has 5 rings (SSSR count). The molecule has 0 aliphatic heterocycles. The number of halogens is 5. The van der Waals surface area contributed by atoms with Gasteiger partial charge in [-0.1, -0.05) is 0 Å². The van der Waals surface area contributed by atoms with Gasteiger partial charge in [-0.15, -0.1) is 0 Å². The topological polar surface area (TPSA) is 101 Å². The van der Waals surface area contributed by atoms with Crippen LogP contribution in [-0.4, -0.2) is 43.5 Å². The van der Waals surface area contributed by atoms with Gasteiger partial charge in [0.05, 0.1) is 36.6 Å². The third-order valence-corrected chi connectivity index (χ3v) is 7.87. The van der Waals surface area contributed by atoms with Crippen LogP contribution in [0.15, 0.2) is 36.9 Å². The summed E-state index contributed by atoms with van der Waals surface area (Å²) in [5, 5.41) is 10.1. The summed E-state index contributed by atoms with van der Waals surface area (Å²) in [6, 6.07) is 2.15. The Morgan fingerprint density at radius 1 is 1.07 bits per heavy atom. The normalized spacial score (nSPS) is 19.1. The van der Waals surface area contributed by atoms with Crippen molar-refractivity contribution < 1.29 is 31.5 Å². The second-order valence-corrected chi connectivity index (χ2v) is 11.1. The fraction of sp³-hybridized carbons (Fsp3) is 0.536. The highest BCUT2D eigenvalue weighted by molar-refractivity contribution is 5.95. The van der Waals surface area contributed by atoms with E-state index in [-0.39, 0.29) is 43.4 Å². The highest BCUT2D eigenvalue weighted by Crippen LogP contribution is 2.43. The van der Waals surface area contributed by atoms with Crippen molar-refractivity contribution in [3.63, 3.8) is 0 Å². The minimum absolute atomic E-state index is 0.0862. The minimum Gasteiger partial charge on any atom is -0.349 e. The molecule has 0 saturated heterocycles. The van der Waals surface area contributed by atoms with Crippen molar-refractivity contribution in [3.8, 4) is 0 Å². The number of nitrogens with one attached hydrogen (secondary N) is 2. The molecule has 3 heterocycles. The molecule has 2 aliphatic rings. The monoisotopic (exact) mass is 578 g/mol. The lowest BCUT2D eigenvalue weighted by Crippen LogP contribution is -2.37. The van der Waals surface area contributed by atoms with Crippen LogP contribution in [0.5, 0.6) is 0 Å². The highest BCUT2D eigenvalue weighted by atomic mass is 19.4. The van der Waals surface area contributed by atoms with Crippen LogP contribution in [0.3, 0.4) is 0 Å². The lowest BCUT2D eigenvalue weighted by atomic mass is 9.81. The number of alkyl halides is 5. The van der Waals surface area contributed by atoms with Gasteiger partial charge in [-0.2, -0.15) is 18.3 Å². The zero-order valence-corrected chi connectivity index (χ0v) is 22.4. The van der Waals surface area contributed by atoms with Crippen LogP contribution in [0, 0.1) is 18.8 Å². The number of carbonyl (C=O) groups is 2. The van der Waals surface area contributed by atoms with E-state index in [1.165, 1.54) is 10.7 Å². The molecule has 0 spiro atoms. The summed E-state index contributed by atoms with van der Waals surface area (Å²) >= 11 is 0. The van der Waals surface area contributed by atoms with Gasteiger partial charge in [0.25, 0.3) is 5.91 Å². The van der Waals surface area contributed by atoms with Gasteiger partial charge >= 0.3 is 6.18 Å². The fourth-order valence-corrected chi connectivity index (χ4v) is 5.41. The Morgan fingerprint density at radius 3 is 2.44 bits per heavy atom. The van der Waals surface area contributed by atoms with Crippen LogP contribution in [0.1, 0.15) is 90.6 Å². The van der Waals surface area contributed by atoms with Crippen molar-refractivity contribution in [1.29, 1.82) is 0 Å². The Bertz CT molecular complexity index is 1410. The van der Waals surface area contributed by atoms with E-state index in [4.69, 9.17) is 0 Å². The van der Waals surface area contributed by atoms with Gasteiger partial charge in [0.1, 0.15) is 0 Å². The lowest BCUT2D eigenvalue weighted by molar-refractivity contribution is -0.144. The van der Waals surface area contributed by atoms with Gasteiger partial charge in [0.15, 0.2) is 5.65 Å². The zero-order valence-electron chi connectivity index (χ0n) is 22.4. The molecule has 0 unspecified atom stereocenters. The first-order chi connectivity index (χ1) is 19.4. The largest absolute Gasteiger partial charge is 0.389 e. The SMILES string of the molecule is Cc1cnccc1C(=O)N[C@H](c1cn2ncc([C@H](NC(=O)CCC(F)(F)F)C3CC3)cc2n1)C1CCC(F)(F)CC1. The molecule has 8 nitrogen and oxygen atoms in total. The zero-order chi connectivity index (χ0) is 29.4. The maximum absolute atomic E-state index is 14.0. The van der Waals surface area contributed by atoms with Crippen molar-refractivity contribution in [2.24, 2.45) is 11.8 Å². The van der Waals surface area contributed by atoms with Crippen molar-refractivity contribution in [3.05, 3.63) is 59.3 Å². The fourth-order valence-electron chi connectivity index (χ4n) is 5.41. The van der Waals surface area contributed by atoms with Crippen molar-refractivity contribution >= 4 is 17.5 Å². The molecule has 2 aliphatic carbocycles. The summed E-state index contributed by atoms with van der Waals surface area (Å²) < 4.78 is 67.2. The van der Waals surface area contributed by atoms with E-state index in [2.05, 4.69) is 25.7 Å². The number of pyridine rings is 1. The van der Waals surface area contributed by atoms with Gasteiger partial charge in [0, 0.05) is 37.2 Å².